The average Bonchev–Trinajstić information content (AvgIpc) is 2.47. The highest BCUT2D eigenvalue weighted by atomic mass is 32.2. The molecule has 3 heteroatoms. The van der Waals surface area contributed by atoms with Gasteiger partial charge in [0.25, 0.3) is 0 Å². The molecule has 0 aliphatic heterocycles. The average molecular weight is 272 g/mol. The SMILES string of the molecule is CCNC(C)c1ccc(SCc2ccccc2)cn1. The lowest BCUT2D eigenvalue weighted by atomic mass is 10.2. The molecule has 0 bridgehead atoms. The second-order valence-corrected chi connectivity index (χ2v) is 5.52. The molecular weight excluding hydrogens is 252 g/mol. The van der Waals surface area contributed by atoms with Gasteiger partial charge in [0, 0.05) is 22.9 Å². The minimum Gasteiger partial charge on any atom is -0.309 e. The van der Waals surface area contributed by atoms with Crippen LogP contribution in [0.25, 0.3) is 0 Å². The van der Waals surface area contributed by atoms with Crippen molar-refractivity contribution in [3.63, 3.8) is 0 Å². The fraction of sp³-hybridized carbons (Fsp3) is 0.312. The van der Waals surface area contributed by atoms with Gasteiger partial charge in [0.15, 0.2) is 0 Å². The summed E-state index contributed by atoms with van der Waals surface area (Å²) >= 11 is 1.82. The molecular formula is C16H20N2S. The van der Waals surface area contributed by atoms with Gasteiger partial charge in [-0.15, -0.1) is 11.8 Å². The maximum Gasteiger partial charge on any atom is 0.0571 e. The Morgan fingerprint density at radius 2 is 1.95 bits per heavy atom. The van der Waals surface area contributed by atoms with Crippen LogP contribution in [0.5, 0.6) is 0 Å². The van der Waals surface area contributed by atoms with Gasteiger partial charge < -0.3 is 5.32 Å². The highest BCUT2D eigenvalue weighted by Gasteiger charge is 2.05. The summed E-state index contributed by atoms with van der Waals surface area (Å²) in [6.45, 7) is 5.22. The summed E-state index contributed by atoms with van der Waals surface area (Å²) in [6, 6.07) is 15.1. The number of benzene rings is 1. The third-order valence-electron chi connectivity index (χ3n) is 2.96. The van der Waals surface area contributed by atoms with E-state index >= 15 is 0 Å². The summed E-state index contributed by atoms with van der Waals surface area (Å²) in [5.41, 5.74) is 2.45. The van der Waals surface area contributed by atoms with E-state index in [2.05, 4.69) is 60.5 Å². The van der Waals surface area contributed by atoms with Crippen LogP contribution < -0.4 is 5.32 Å². The van der Waals surface area contributed by atoms with E-state index in [9.17, 15) is 0 Å². The molecule has 1 unspecified atom stereocenters. The fourth-order valence-corrected chi connectivity index (χ4v) is 2.70. The topological polar surface area (TPSA) is 24.9 Å². The lowest BCUT2D eigenvalue weighted by molar-refractivity contribution is 0.582. The van der Waals surface area contributed by atoms with Crippen LogP contribution in [0.1, 0.15) is 31.1 Å². The number of pyridine rings is 1. The summed E-state index contributed by atoms with van der Waals surface area (Å²) < 4.78 is 0. The van der Waals surface area contributed by atoms with Crippen molar-refractivity contribution in [2.45, 2.75) is 30.5 Å². The Bertz CT molecular complexity index is 482. The van der Waals surface area contributed by atoms with Crippen LogP contribution >= 0.6 is 11.8 Å². The van der Waals surface area contributed by atoms with Crippen LogP contribution in [-0.4, -0.2) is 11.5 Å². The monoisotopic (exact) mass is 272 g/mol. The first kappa shape index (κ1) is 14.1. The van der Waals surface area contributed by atoms with Gasteiger partial charge in [-0.1, -0.05) is 37.3 Å². The first-order valence-corrected chi connectivity index (χ1v) is 7.64. The minimum atomic E-state index is 0.318. The molecule has 2 nitrogen and oxygen atoms in total. The van der Waals surface area contributed by atoms with Crippen LogP contribution in [0.3, 0.4) is 0 Å². The van der Waals surface area contributed by atoms with Crippen molar-refractivity contribution in [1.29, 1.82) is 0 Å². The Labute approximate surface area is 119 Å². The van der Waals surface area contributed by atoms with Crippen molar-refractivity contribution in [2.75, 3.05) is 6.54 Å². The van der Waals surface area contributed by atoms with E-state index in [1.807, 2.05) is 24.0 Å². The number of hydrogen-bond donors (Lipinski definition) is 1. The molecule has 1 aromatic carbocycles. The second kappa shape index (κ2) is 7.31. The predicted molar refractivity (Wildman–Crippen MR) is 82.3 cm³/mol. The molecule has 1 N–H and O–H groups in total. The molecule has 2 rings (SSSR count). The summed E-state index contributed by atoms with van der Waals surface area (Å²) in [5.74, 6) is 0.991. The Balaban J connectivity index is 1.92. The van der Waals surface area contributed by atoms with E-state index in [1.165, 1.54) is 10.5 Å². The van der Waals surface area contributed by atoms with Crippen LogP contribution in [0, 0.1) is 0 Å². The standard InChI is InChI=1S/C16H20N2S/c1-3-17-13(2)16-10-9-15(11-18-16)19-12-14-7-5-4-6-8-14/h4-11,13,17H,3,12H2,1-2H3. The van der Waals surface area contributed by atoms with Gasteiger partial charge in [0.1, 0.15) is 0 Å². The summed E-state index contributed by atoms with van der Waals surface area (Å²) in [4.78, 5) is 5.74. The number of thioether (sulfide) groups is 1. The molecule has 0 fully saturated rings. The third-order valence-corrected chi connectivity index (χ3v) is 4.01. The molecule has 1 atom stereocenters. The molecule has 0 saturated carbocycles. The maximum absolute atomic E-state index is 4.53. The molecule has 0 spiro atoms. The number of nitrogens with one attached hydrogen (secondary N) is 1. The minimum absolute atomic E-state index is 0.318. The Hall–Kier alpha value is -1.32. The summed E-state index contributed by atoms with van der Waals surface area (Å²) in [6.07, 6.45) is 1.97. The maximum atomic E-state index is 4.53. The molecule has 0 radical (unpaired) electrons. The van der Waals surface area contributed by atoms with Crippen molar-refractivity contribution in [1.82, 2.24) is 10.3 Å². The molecule has 0 saturated heterocycles. The zero-order valence-corrected chi connectivity index (χ0v) is 12.3. The lowest BCUT2D eigenvalue weighted by Gasteiger charge is -2.11. The first-order valence-electron chi connectivity index (χ1n) is 6.65. The summed E-state index contributed by atoms with van der Waals surface area (Å²) in [7, 11) is 0. The molecule has 100 valence electrons. The van der Waals surface area contributed by atoms with E-state index in [0.29, 0.717) is 6.04 Å². The van der Waals surface area contributed by atoms with Crippen molar-refractivity contribution in [3.05, 3.63) is 59.9 Å². The normalized spacial score (nSPS) is 12.3. The van der Waals surface area contributed by atoms with Gasteiger partial charge in [-0.25, -0.2) is 0 Å². The molecule has 0 aliphatic carbocycles. The highest BCUT2D eigenvalue weighted by Crippen LogP contribution is 2.22. The molecule has 1 heterocycles. The quantitative estimate of drug-likeness (QED) is 0.803. The smallest absolute Gasteiger partial charge is 0.0571 e. The third kappa shape index (κ3) is 4.37. The van der Waals surface area contributed by atoms with Gasteiger partial charge in [-0.05, 0) is 31.2 Å². The second-order valence-electron chi connectivity index (χ2n) is 4.47. The van der Waals surface area contributed by atoms with Crippen LogP contribution in [0.4, 0.5) is 0 Å². The van der Waals surface area contributed by atoms with Crippen molar-refractivity contribution < 1.29 is 0 Å². The number of aromatic nitrogens is 1. The number of rotatable bonds is 6. The van der Waals surface area contributed by atoms with Gasteiger partial charge in [0.2, 0.25) is 0 Å². The van der Waals surface area contributed by atoms with Crippen LogP contribution in [-0.2, 0) is 5.75 Å². The Morgan fingerprint density at radius 3 is 2.58 bits per heavy atom. The van der Waals surface area contributed by atoms with Crippen LogP contribution in [0.2, 0.25) is 0 Å². The van der Waals surface area contributed by atoms with Crippen molar-refractivity contribution >= 4 is 11.8 Å². The van der Waals surface area contributed by atoms with E-state index in [1.54, 1.807) is 0 Å². The molecule has 0 aliphatic rings. The van der Waals surface area contributed by atoms with Crippen molar-refractivity contribution in [3.8, 4) is 0 Å². The van der Waals surface area contributed by atoms with E-state index in [4.69, 9.17) is 0 Å². The number of nitrogens with zero attached hydrogens (tertiary/aromatic N) is 1. The van der Waals surface area contributed by atoms with E-state index in [-0.39, 0.29) is 0 Å². The highest BCUT2D eigenvalue weighted by molar-refractivity contribution is 7.98. The Kier molecular flexibility index (Phi) is 5.43. The van der Waals surface area contributed by atoms with Crippen LogP contribution in [0.15, 0.2) is 53.6 Å². The first-order chi connectivity index (χ1) is 9.29. The summed E-state index contributed by atoms with van der Waals surface area (Å²) in [5, 5.41) is 3.37. The van der Waals surface area contributed by atoms with Gasteiger partial charge >= 0.3 is 0 Å². The van der Waals surface area contributed by atoms with Gasteiger partial charge in [-0.2, -0.15) is 0 Å². The zero-order chi connectivity index (χ0) is 13.5. The fourth-order valence-electron chi connectivity index (χ4n) is 1.88. The van der Waals surface area contributed by atoms with Crippen molar-refractivity contribution in [2.24, 2.45) is 0 Å². The molecule has 19 heavy (non-hydrogen) atoms. The molecule has 0 amide bonds. The predicted octanol–water partition coefficient (Wildman–Crippen LogP) is 4.04. The Morgan fingerprint density at radius 1 is 1.16 bits per heavy atom. The zero-order valence-electron chi connectivity index (χ0n) is 11.5. The van der Waals surface area contributed by atoms with Gasteiger partial charge in [-0.3, -0.25) is 4.98 Å². The largest absolute Gasteiger partial charge is 0.309 e. The van der Waals surface area contributed by atoms with E-state index in [0.717, 1.165) is 18.0 Å². The van der Waals surface area contributed by atoms with E-state index < -0.39 is 0 Å². The number of hydrogen-bond acceptors (Lipinski definition) is 3. The molecule has 2 aromatic rings. The molecule has 1 aromatic heterocycles. The van der Waals surface area contributed by atoms with Gasteiger partial charge in [0.05, 0.1) is 5.69 Å². The lowest BCUT2D eigenvalue weighted by Crippen LogP contribution is -2.18.